The summed E-state index contributed by atoms with van der Waals surface area (Å²) in [6.45, 7) is 3.24. The second kappa shape index (κ2) is 8.75. The number of aliphatic hydroxyl groups is 1. The van der Waals surface area contributed by atoms with Crippen LogP contribution in [-0.2, 0) is 19.6 Å². The van der Waals surface area contributed by atoms with Crippen molar-refractivity contribution < 1.29 is 23.4 Å². The summed E-state index contributed by atoms with van der Waals surface area (Å²) in [5, 5.41) is 38.3. The maximum Gasteiger partial charge on any atom is 0.229 e. The molecule has 1 heterocycles. The lowest BCUT2D eigenvalue weighted by molar-refractivity contribution is -0.127. The average Bonchev–Trinajstić information content (AvgIpc) is 3.26. The Kier molecular flexibility index (Phi) is 6.13. The van der Waals surface area contributed by atoms with Gasteiger partial charge in [0.1, 0.15) is 23.2 Å². The molecule has 1 amide bonds. The van der Waals surface area contributed by atoms with Gasteiger partial charge in [-0.1, -0.05) is 29.8 Å². The van der Waals surface area contributed by atoms with E-state index in [2.05, 4.69) is 15.3 Å². The predicted molar refractivity (Wildman–Crippen MR) is 140 cm³/mol. The number of rotatable bonds is 6. The molecule has 0 radical (unpaired) electrons. The fourth-order valence-electron chi connectivity index (χ4n) is 4.56. The molecule has 0 saturated heterocycles. The van der Waals surface area contributed by atoms with Gasteiger partial charge in [0.2, 0.25) is 20.7 Å². The van der Waals surface area contributed by atoms with Crippen molar-refractivity contribution in [1.29, 1.82) is 5.41 Å². The number of carbonyl (C=O) groups is 1. The van der Waals surface area contributed by atoms with E-state index in [0.29, 0.717) is 22.2 Å². The number of imidazole rings is 1. The van der Waals surface area contributed by atoms with E-state index < -0.39 is 38.3 Å². The number of benzene rings is 2. The number of nitrogens with one attached hydrogen (secondary N) is 3. The number of para-hydroxylation sites is 1. The number of nitrogen functional groups attached to an aromatic ring is 1. The Hall–Kier alpha value is -4.16. The molecule has 0 bridgehead atoms. The number of nitrogens with zero attached hydrogens (tertiary/aromatic N) is 1. The summed E-state index contributed by atoms with van der Waals surface area (Å²) in [7, 11) is -3.20. The molecular formula is C25H28N6O5S. The molecule has 0 saturated carbocycles. The number of amidine groups is 1. The number of aromatic nitrogens is 2. The molecule has 3 aromatic rings. The molecule has 0 spiro atoms. The Balaban J connectivity index is 2.10. The molecule has 1 unspecified atom stereocenters. The fraction of sp³-hybridized carbons (Fsp3) is 0.240. The van der Waals surface area contributed by atoms with Crippen molar-refractivity contribution in [3.05, 3.63) is 76.8 Å². The van der Waals surface area contributed by atoms with Crippen LogP contribution in [0.15, 0.2) is 59.9 Å². The Morgan fingerprint density at radius 3 is 2.49 bits per heavy atom. The minimum atomic E-state index is -4.67. The number of nitrogens with two attached hydrogens (primary N) is 2. The van der Waals surface area contributed by atoms with Gasteiger partial charge in [0, 0.05) is 30.2 Å². The summed E-state index contributed by atoms with van der Waals surface area (Å²) < 4.78 is 24.5. The maximum absolute atomic E-state index is 13.4. The molecule has 12 heteroatoms. The molecule has 9 N–H and O–H groups in total. The van der Waals surface area contributed by atoms with Crippen molar-refractivity contribution >= 4 is 38.4 Å². The Labute approximate surface area is 213 Å². The SMILES string of the molecule is CNC(=O)C(C)(C)C1=CC(c2ccccc2O)=C(O)C(c2nc3ccc(C(=N)N)cc3[nH]2)(S(N)(=O)=O)C1. The maximum atomic E-state index is 13.4. The number of aromatic amines is 1. The van der Waals surface area contributed by atoms with Gasteiger partial charge in [0.25, 0.3) is 0 Å². The van der Waals surface area contributed by atoms with Gasteiger partial charge in [-0.3, -0.25) is 10.2 Å². The lowest BCUT2D eigenvalue weighted by atomic mass is 9.73. The zero-order valence-electron chi connectivity index (χ0n) is 20.5. The van der Waals surface area contributed by atoms with Crippen LogP contribution < -0.4 is 16.2 Å². The van der Waals surface area contributed by atoms with Gasteiger partial charge in [-0.2, -0.15) is 0 Å². The van der Waals surface area contributed by atoms with Crippen LogP contribution in [0, 0.1) is 10.8 Å². The van der Waals surface area contributed by atoms with Crippen LogP contribution >= 0.6 is 0 Å². The molecule has 4 rings (SSSR count). The zero-order valence-corrected chi connectivity index (χ0v) is 21.3. The number of fused-ring (bicyclic) bond motifs is 1. The van der Waals surface area contributed by atoms with Crippen molar-refractivity contribution in [1.82, 2.24) is 15.3 Å². The average molecular weight is 525 g/mol. The summed E-state index contributed by atoms with van der Waals surface area (Å²) in [6, 6.07) is 10.7. The van der Waals surface area contributed by atoms with Crippen LogP contribution in [-0.4, -0.2) is 47.4 Å². The number of H-pyrrole nitrogens is 1. The number of primary sulfonamides is 1. The smallest absolute Gasteiger partial charge is 0.229 e. The Morgan fingerprint density at radius 1 is 1.22 bits per heavy atom. The summed E-state index contributed by atoms with van der Waals surface area (Å²) >= 11 is 0. The number of sulfonamides is 1. The molecule has 11 nitrogen and oxygen atoms in total. The van der Waals surface area contributed by atoms with E-state index in [1.165, 1.54) is 31.3 Å². The molecule has 37 heavy (non-hydrogen) atoms. The summed E-state index contributed by atoms with van der Waals surface area (Å²) in [5.74, 6) is -1.64. The molecule has 2 aromatic carbocycles. The second-order valence-corrected chi connectivity index (χ2v) is 11.2. The van der Waals surface area contributed by atoms with E-state index in [9.17, 15) is 23.4 Å². The summed E-state index contributed by atoms with van der Waals surface area (Å²) in [6.07, 6.45) is 1.11. The molecule has 0 fully saturated rings. The van der Waals surface area contributed by atoms with Crippen LogP contribution in [0.2, 0.25) is 0 Å². The van der Waals surface area contributed by atoms with Crippen molar-refractivity contribution in [2.75, 3.05) is 7.05 Å². The number of allylic oxidation sites excluding steroid dienone is 2. The van der Waals surface area contributed by atoms with Crippen molar-refractivity contribution in [2.45, 2.75) is 25.0 Å². The summed E-state index contributed by atoms with van der Waals surface area (Å²) in [4.78, 5) is 20.2. The third-order valence-electron chi connectivity index (χ3n) is 6.85. The number of aromatic hydroxyl groups is 1. The first kappa shape index (κ1) is 25.9. The van der Waals surface area contributed by atoms with Crippen LogP contribution in [0.4, 0.5) is 0 Å². The minimum Gasteiger partial charge on any atom is -0.509 e. The Morgan fingerprint density at radius 2 is 1.89 bits per heavy atom. The first-order chi connectivity index (χ1) is 17.2. The number of aliphatic hydroxyl groups excluding tert-OH is 1. The highest BCUT2D eigenvalue weighted by Gasteiger charge is 2.56. The largest absolute Gasteiger partial charge is 0.509 e. The van der Waals surface area contributed by atoms with Gasteiger partial charge in [0.05, 0.1) is 16.4 Å². The third kappa shape index (κ3) is 4.03. The van der Waals surface area contributed by atoms with Crippen LogP contribution in [0.25, 0.3) is 16.6 Å². The monoisotopic (exact) mass is 524 g/mol. The summed E-state index contributed by atoms with van der Waals surface area (Å²) in [5.41, 5.74) is 5.92. The van der Waals surface area contributed by atoms with Gasteiger partial charge in [-0.15, -0.1) is 0 Å². The highest BCUT2D eigenvalue weighted by molar-refractivity contribution is 7.90. The van der Waals surface area contributed by atoms with Crippen LogP contribution in [0.1, 0.15) is 37.2 Å². The topological polar surface area (TPSA) is 208 Å². The molecule has 0 aliphatic heterocycles. The normalized spacial score (nSPS) is 18.5. The van der Waals surface area contributed by atoms with E-state index in [-0.39, 0.29) is 28.5 Å². The number of phenols is 1. The molecular weight excluding hydrogens is 496 g/mol. The number of hydrogen-bond acceptors (Lipinski definition) is 7. The first-order valence-corrected chi connectivity index (χ1v) is 12.8. The van der Waals surface area contributed by atoms with Gasteiger partial charge < -0.3 is 26.2 Å². The minimum absolute atomic E-state index is 0.0183. The van der Waals surface area contributed by atoms with E-state index >= 15 is 0 Å². The quantitative estimate of drug-likeness (QED) is 0.188. The van der Waals surface area contributed by atoms with Crippen LogP contribution in [0.3, 0.4) is 0 Å². The predicted octanol–water partition coefficient (Wildman–Crippen LogP) is 2.11. The molecule has 1 aliphatic carbocycles. The number of hydrogen-bond donors (Lipinski definition) is 7. The van der Waals surface area contributed by atoms with E-state index in [0.717, 1.165) is 0 Å². The van der Waals surface area contributed by atoms with Crippen molar-refractivity contribution in [3.63, 3.8) is 0 Å². The molecule has 194 valence electrons. The number of carbonyl (C=O) groups excluding carboxylic acids is 1. The number of amides is 1. The first-order valence-electron chi connectivity index (χ1n) is 11.3. The van der Waals surface area contributed by atoms with E-state index in [1.807, 2.05) is 0 Å². The third-order valence-corrected chi connectivity index (χ3v) is 8.35. The highest BCUT2D eigenvalue weighted by Crippen LogP contribution is 2.51. The van der Waals surface area contributed by atoms with Crippen LogP contribution in [0.5, 0.6) is 5.75 Å². The molecule has 1 atom stereocenters. The standard InChI is InChI=1S/C25H28N6O5S/c1-24(2,23(34)29-3)14-11-16(15-6-4-5-7-19(15)32)20(33)25(12-14,37(28,35)36)22-30-17-9-8-13(21(26)27)10-18(17)31-22/h4-11,32-33H,12H2,1-3H3,(H3,26,27)(H,29,34)(H,30,31)(H2,28,35,36). The number of phenolic OH excluding ortho intramolecular Hbond substituents is 1. The lowest BCUT2D eigenvalue weighted by Crippen LogP contribution is -2.48. The van der Waals surface area contributed by atoms with Crippen molar-refractivity contribution in [2.24, 2.45) is 16.3 Å². The van der Waals surface area contributed by atoms with Gasteiger partial charge in [0.15, 0.2) is 0 Å². The molecule has 1 aliphatic rings. The van der Waals surface area contributed by atoms with Gasteiger partial charge >= 0.3 is 0 Å². The lowest BCUT2D eigenvalue weighted by Gasteiger charge is -2.38. The Bertz CT molecular complexity index is 1620. The van der Waals surface area contributed by atoms with E-state index in [4.69, 9.17) is 16.3 Å². The van der Waals surface area contributed by atoms with Gasteiger partial charge in [-0.25, -0.2) is 18.5 Å². The van der Waals surface area contributed by atoms with Gasteiger partial charge in [-0.05, 0) is 38.1 Å². The highest BCUT2D eigenvalue weighted by atomic mass is 32.2. The van der Waals surface area contributed by atoms with Crippen molar-refractivity contribution in [3.8, 4) is 5.75 Å². The fourth-order valence-corrected chi connectivity index (χ4v) is 5.67. The van der Waals surface area contributed by atoms with E-state index in [1.54, 1.807) is 38.1 Å². The second-order valence-electron chi connectivity index (χ2n) is 9.43. The zero-order chi connectivity index (χ0) is 27.3. The molecule has 1 aromatic heterocycles.